The zero-order valence-electron chi connectivity index (χ0n) is 17.9. The van der Waals surface area contributed by atoms with Crippen LogP contribution in [-0.4, -0.2) is 50.2 Å². The molecule has 1 aliphatic rings. The molecule has 2 atom stereocenters. The Kier molecular flexibility index (Phi) is 9.86. The van der Waals surface area contributed by atoms with Crippen molar-refractivity contribution in [2.75, 3.05) is 27.4 Å². The van der Waals surface area contributed by atoms with Gasteiger partial charge in [-0.1, -0.05) is 24.0 Å². The van der Waals surface area contributed by atoms with E-state index in [1.165, 1.54) is 0 Å². The van der Waals surface area contributed by atoms with E-state index in [1.54, 1.807) is 33.3 Å². The van der Waals surface area contributed by atoms with E-state index < -0.39 is 17.7 Å². The summed E-state index contributed by atoms with van der Waals surface area (Å²) in [5, 5.41) is 9.22. The van der Waals surface area contributed by atoms with Crippen LogP contribution in [0.2, 0.25) is 0 Å². The first-order chi connectivity index (χ1) is 14.9. The van der Waals surface area contributed by atoms with E-state index in [9.17, 15) is 9.90 Å². The number of carbonyl (C=O) groups is 1. The van der Waals surface area contributed by atoms with Crippen molar-refractivity contribution in [3.63, 3.8) is 0 Å². The fourth-order valence-electron chi connectivity index (χ4n) is 2.93. The molecule has 0 saturated heterocycles. The van der Waals surface area contributed by atoms with Crippen molar-refractivity contribution in [2.45, 2.75) is 31.5 Å². The fourth-order valence-corrected chi connectivity index (χ4v) is 3.48. The van der Waals surface area contributed by atoms with E-state index in [1.807, 2.05) is 36.4 Å². The van der Waals surface area contributed by atoms with E-state index in [2.05, 4.69) is 27.8 Å². The first-order valence-electron chi connectivity index (χ1n) is 9.84. The molecule has 1 aromatic rings. The quantitative estimate of drug-likeness (QED) is 0.493. The highest BCUT2D eigenvalue weighted by atomic mass is 79.9. The van der Waals surface area contributed by atoms with Crippen molar-refractivity contribution in [1.82, 2.24) is 0 Å². The van der Waals surface area contributed by atoms with E-state index in [0.717, 1.165) is 15.8 Å². The van der Waals surface area contributed by atoms with Crippen LogP contribution in [0.5, 0.6) is 5.75 Å². The van der Waals surface area contributed by atoms with Gasteiger partial charge in [0.2, 0.25) is 0 Å². The van der Waals surface area contributed by atoms with Gasteiger partial charge in [0.25, 0.3) is 0 Å². The van der Waals surface area contributed by atoms with Crippen molar-refractivity contribution >= 4 is 21.9 Å². The molecule has 1 unspecified atom stereocenters. The number of hydrogen-bond acceptors (Lipinski definition) is 5. The molecule has 0 radical (unpaired) electrons. The molecule has 2 rings (SSSR count). The van der Waals surface area contributed by atoms with Crippen LogP contribution in [0.1, 0.15) is 18.9 Å². The Morgan fingerprint density at radius 2 is 2.19 bits per heavy atom. The number of methoxy groups -OCH3 is 2. The van der Waals surface area contributed by atoms with Crippen molar-refractivity contribution in [3.05, 3.63) is 64.4 Å². The molecule has 0 fully saturated rings. The first kappa shape index (κ1) is 24.7. The van der Waals surface area contributed by atoms with Crippen LogP contribution in [0, 0.1) is 11.8 Å². The van der Waals surface area contributed by atoms with Gasteiger partial charge in [-0.15, -0.1) is 0 Å². The van der Waals surface area contributed by atoms with Crippen LogP contribution in [0.3, 0.4) is 0 Å². The molecule has 1 N–H and O–H groups in total. The summed E-state index contributed by atoms with van der Waals surface area (Å²) in [6.07, 6.45) is 9.19. The highest BCUT2D eigenvalue weighted by Gasteiger charge is 2.28. The first-order valence-corrected chi connectivity index (χ1v) is 10.6. The molecular weight excluding hydrogens is 464 g/mol. The maximum atomic E-state index is 11.2. The summed E-state index contributed by atoms with van der Waals surface area (Å²) in [4.78, 5) is 11.2. The normalized spacial score (nSPS) is 18.8. The van der Waals surface area contributed by atoms with E-state index in [4.69, 9.17) is 18.9 Å². The van der Waals surface area contributed by atoms with Crippen molar-refractivity contribution in [1.29, 1.82) is 0 Å². The van der Waals surface area contributed by atoms with E-state index >= 15 is 0 Å². The molecule has 1 aliphatic carbocycles. The largest absolute Gasteiger partial charge is 0.501 e. The van der Waals surface area contributed by atoms with Crippen LogP contribution in [0.25, 0.3) is 0 Å². The lowest BCUT2D eigenvalue weighted by atomic mass is 9.94. The van der Waals surface area contributed by atoms with Crippen LogP contribution in [0.15, 0.2) is 58.8 Å². The van der Waals surface area contributed by atoms with Gasteiger partial charge in [0.15, 0.2) is 11.7 Å². The van der Waals surface area contributed by atoms with Gasteiger partial charge in [-0.3, -0.25) is 0 Å². The minimum atomic E-state index is -0.974. The number of carboxylic acids is 1. The summed E-state index contributed by atoms with van der Waals surface area (Å²) in [7, 11) is 3.25. The third-order valence-electron chi connectivity index (χ3n) is 4.59. The zero-order valence-corrected chi connectivity index (χ0v) is 19.5. The van der Waals surface area contributed by atoms with Crippen molar-refractivity contribution in [3.8, 4) is 17.6 Å². The summed E-state index contributed by atoms with van der Waals surface area (Å²) >= 11 is 3.47. The average molecular weight is 491 g/mol. The van der Waals surface area contributed by atoms with Crippen molar-refractivity contribution < 1.29 is 28.8 Å². The Hall–Kier alpha value is -2.53. The van der Waals surface area contributed by atoms with Crippen LogP contribution in [-0.2, 0) is 25.4 Å². The molecule has 31 heavy (non-hydrogen) atoms. The number of benzene rings is 1. The molecule has 0 amide bonds. The minimum absolute atomic E-state index is 0.285. The maximum absolute atomic E-state index is 11.2. The van der Waals surface area contributed by atoms with Crippen molar-refractivity contribution in [2.24, 2.45) is 0 Å². The predicted molar refractivity (Wildman–Crippen MR) is 122 cm³/mol. The third-order valence-corrected chi connectivity index (χ3v) is 5.21. The molecule has 0 aliphatic heterocycles. The Labute approximate surface area is 191 Å². The predicted octanol–water partition coefficient (Wildman–Crippen LogP) is 4.30. The monoisotopic (exact) mass is 490 g/mol. The van der Waals surface area contributed by atoms with Gasteiger partial charge >= 0.3 is 5.97 Å². The lowest BCUT2D eigenvalue weighted by Crippen LogP contribution is -2.29. The lowest BCUT2D eigenvalue weighted by Gasteiger charge is -2.26. The molecule has 166 valence electrons. The summed E-state index contributed by atoms with van der Waals surface area (Å²) in [6.45, 7) is 2.46. The zero-order chi connectivity index (χ0) is 22.7. The number of ether oxygens (including phenoxy) is 4. The number of carboxylic acid groups (broad SMARTS) is 1. The number of halogens is 1. The highest BCUT2D eigenvalue weighted by Crippen LogP contribution is 2.27. The molecule has 0 saturated carbocycles. The second-order valence-corrected chi connectivity index (χ2v) is 7.55. The second kappa shape index (κ2) is 12.4. The summed E-state index contributed by atoms with van der Waals surface area (Å²) in [5.74, 6) is 6.60. The second-order valence-electron chi connectivity index (χ2n) is 6.70. The summed E-state index contributed by atoms with van der Waals surface area (Å²) in [6, 6.07) is 5.47. The Balaban J connectivity index is 1.91. The van der Waals surface area contributed by atoms with E-state index in [-0.39, 0.29) is 6.42 Å². The Morgan fingerprint density at radius 3 is 2.84 bits per heavy atom. The van der Waals surface area contributed by atoms with Gasteiger partial charge in [0.1, 0.15) is 12.4 Å². The Morgan fingerprint density at radius 1 is 1.39 bits per heavy atom. The van der Waals surface area contributed by atoms with Gasteiger partial charge in [0, 0.05) is 26.6 Å². The molecule has 0 spiro atoms. The third kappa shape index (κ3) is 7.59. The summed E-state index contributed by atoms with van der Waals surface area (Å²) in [5.41, 5.74) is 0.149. The van der Waals surface area contributed by atoms with Gasteiger partial charge in [0.05, 0.1) is 17.3 Å². The molecule has 0 bridgehead atoms. The van der Waals surface area contributed by atoms with Gasteiger partial charge < -0.3 is 24.1 Å². The summed E-state index contributed by atoms with van der Waals surface area (Å²) < 4.78 is 22.6. The van der Waals surface area contributed by atoms with Crippen LogP contribution < -0.4 is 4.74 Å². The molecule has 1 aromatic carbocycles. The average Bonchev–Trinajstić information content (AvgIpc) is 2.77. The van der Waals surface area contributed by atoms with Crippen LogP contribution >= 0.6 is 15.9 Å². The molecule has 6 nitrogen and oxygen atoms in total. The molecule has 0 heterocycles. The number of hydrogen-bond donors (Lipinski definition) is 1. The van der Waals surface area contributed by atoms with Gasteiger partial charge in [-0.25, -0.2) is 4.79 Å². The number of aliphatic carboxylic acids is 1. The SMILES string of the molecule is CCO[C@@H](Cc1ccc(OC/C=C\C#CC2(OC)C=CC=C(OC)C2)c(Br)c1)C(=O)O. The number of allylic oxidation sites excluding steroid dienone is 3. The molecule has 7 heteroatoms. The number of rotatable bonds is 10. The molecule has 0 aromatic heterocycles. The Bertz CT molecular complexity index is 908. The van der Waals surface area contributed by atoms with Gasteiger partial charge in [-0.05, 0) is 64.9 Å². The minimum Gasteiger partial charge on any atom is -0.501 e. The standard InChI is InChI=1S/C24H27BrO6/c1-4-30-22(23(26)27)16-18-10-11-21(20(25)15-18)31-14-7-5-6-12-24(29-3)13-8-9-19(17-24)28-2/h5,7-11,13,15,22H,4,14,16-17H2,1-3H3,(H,26,27)/b7-5-/t22-,24?/m0/s1. The van der Waals surface area contributed by atoms with Crippen LogP contribution in [0.4, 0.5) is 0 Å². The smallest absolute Gasteiger partial charge is 0.333 e. The lowest BCUT2D eigenvalue weighted by molar-refractivity contribution is -0.149. The maximum Gasteiger partial charge on any atom is 0.333 e. The van der Waals surface area contributed by atoms with Gasteiger partial charge in [-0.2, -0.15) is 0 Å². The topological polar surface area (TPSA) is 74.2 Å². The fraction of sp³-hybridized carbons (Fsp3) is 0.375. The highest BCUT2D eigenvalue weighted by molar-refractivity contribution is 9.10. The van der Waals surface area contributed by atoms with E-state index in [0.29, 0.717) is 25.4 Å². The molecular formula is C24H27BrO6.